The minimum absolute atomic E-state index is 0.308. The Morgan fingerprint density at radius 1 is 1.33 bits per heavy atom. The number of hydrogen-bond donors (Lipinski definition) is 0. The molecule has 0 radical (unpaired) electrons. The molecule has 1 aromatic rings. The third kappa shape index (κ3) is 3.09. The van der Waals surface area contributed by atoms with E-state index in [1.807, 2.05) is 11.6 Å². The Balaban J connectivity index is 2.23. The molecule has 118 valence electrons. The zero-order chi connectivity index (χ0) is 15.6. The summed E-state index contributed by atoms with van der Waals surface area (Å²) in [6.07, 6.45) is 3.73. The van der Waals surface area contributed by atoms with Crippen molar-refractivity contribution in [3.05, 3.63) is 15.9 Å². The highest BCUT2D eigenvalue weighted by Crippen LogP contribution is 2.29. The average Bonchev–Trinajstić information content (AvgIpc) is 3.10. The van der Waals surface area contributed by atoms with E-state index in [2.05, 4.69) is 46.7 Å². The highest BCUT2D eigenvalue weighted by Gasteiger charge is 2.39. The van der Waals surface area contributed by atoms with Gasteiger partial charge in [0.1, 0.15) is 0 Å². The summed E-state index contributed by atoms with van der Waals surface area (Å²) in [6, 6.07) is 0. The summed E-state index contributed by atoms with van der Waals surface area (Å²) < 4.78 is 2.93. The first kappa shape index (κ1) is 16.7. The Kier molecular flexibility index (Phi) is 5.25. The van der Waals surface area contributed by atoms with Crippen LogP contribution >= 0.6 is 15.9 Å². The van der Waals surface area contributed by atoms with Crippen LogP contribution in [0, 0.1) is 6.92 Å². The highest BCUT2D eigenvalue weighted by molar-refractivity contribution is 9.10. The number of halogens is 1. The van der Waals surface area contributed by atoms with Crippen molar-refractivity contribution in [3.63, 3.8) is 0 Å². The minimum Gasteiger partial charge on any atom is -0.297 e. The second-order valence-electron chi connectivity index (χ2n) is 6.08. The molecule has 0 saturated carbocycles. The van der Waals surface area contributed by atoms with Crippen LogP contribution in [0.25, 0.3) is 0 Å². The predicted octanol–water partition coefficient (Wildman–Crippen LogP) is 3.35. The minimum atomic E-state index is -0.341. The van der Waals surface area contributed by atoms with Gasteiger partial charge in [0.15, 0.2) is 5.78 Å². The molecule has 0 bridgehead atoms. The van der Waals surface area contributed by atoms with E-state index in [4.69, 9.17) is 0 Å². The quantitative estimate of drug-likeness (QED) is 0.785. The summed E-state index contributed by atoms with van der Waals surface area (Å²) in [6.45, 7) is 11.1. The van der Waals surface area contributed by atoms with Crippen molar-refractivity contribution in [3.8, 4) is 0 Å². The number of hydrogen-bond acceptors (Lipinski definition) is 3. The molecule has 5 heteroatoms. The van der Waals surface area contributed by atoms with Crippen LogP contribution in [0.1, 0.15) is 51.4 Å². The molecular weight excluding hydrogens is 330 g/mol. The first-order valence-corrected chi connectivity index (χ1v) is 8.73. The van der Waals surface area contributed by atoms with Gasteiger partial charge in [-0.15, -0.1) is 0 Å². The van der Waals surface area contributed by atoms with E-state index < -0.39 is 0 Å². The van der Waals surface area contributed by atoms with Gasteiger partial charge in [-0.05, 0) is 69.1 Å². The second-order valence-corrected chi connectivity index (χ2v) is 6.88. The van der Waals surface area contributed by atoms with E-state index in [1.165, 1.54) is 12.8 Å². The number of rotatable bonds is 6. The molecule has 1 atom stereocenters. The molecule has 2 heterocycles. The summed E-state index contributed by atoms with van der Waals surface area (Å²) in [5.41, 5.74) is 1.63. The molecule has 0 N–H and O–H groups in total. The summed E-state index contributed by atoms with van der Waals surface area (Å²) in [4.78, 5) is 15.3. The second kappa shape index (κ2) is 6.61. The first-order valence-electron chi connectivity index (χ1n) is 7.94. The first-order chi connectivity index (χ1) is 9.93. The van der Waals surface area contributed by atoms with Crippen LogP contribution in [-0.4, -0.2) is 39.1 Å². The van der Waals surface area contributed by atoms with Crippen molar-refractivity contribution < 1.29 is 4.79 Å². The van der Waals surface area contributed by atoms with E-state index in [0.717, 1.165) is 41.9 Å². The normalized spacial score (nSPS) is 18.9. The van der Waals surface area contributed by atoms with Gasteiger partial charge < -0.3 is 0 Å². The number of aromatic nitrogens is 2. The molecule has 1 unspecified atom stereocenters. The van der Waals surface area contributed by atoms with Crippen molar-refractivity contribution in [2.75, 3.05) is 13.1 Å². The average molecular weight is 356 g/mol. The molecule has 2 rings (SSSR count). The molecule has 0 aliphatic carbocycles. The van der Waals surface area contributed by atoms with Crippen LogP contribution in [0.2, 0.25) is 0 Å². The standard InChI is InChI=1S/C16H26BrN3O/c1-5-16(4,19-9-7-8-10-19)14(21)11-13-15(17)12(3)18-20(13)6-2/h5-11H2,1-4H3. The van der Waals surface area contributed by atoms with Crippen molar-refractivity contribution >= 4 is 21.7 Å². The molecule has 0 aromatic carbocycles. The van der Waals surface area contributed by atoms with E-state index in [0.29, 0.717) is 12.2 Å². The molecule has 1 saturated heterocycles. The molecule has 1 aliphatic rings. The Hall–Kier alpha value is -0.680. The summed E-state index contributed by atoms with van der Waals surface area (Å²) in [7, 11) is 0. The maximum absolute atomic E-state index is 13.0. The molecule has 0 amide bonds. The van der Waals surface area contributed by atoms with E-state index in [1.54, 1.807) is 0 Å². The number of nitrogens with zero attached hydrogens (tertiary/aromatic N) is 3. The van der Waals surface area contributed by atoms with E-state index in [9.17, 15) is 4.79 Å². The van der Waals surface area contributed by atoms with Gasteiger partial charge in [0, 0.05) is 6.54 Å². The smallest absolute Gasteiger partial charge is 0.158 e. The Bertz CT molecular complexity index is 520. The fourth-order valence-corrected chi connectivity index (χ4v) is 3.61. The van der Waals surface area contributed by atoms with Crippen molar-refractivity contribution in [1.82, 2.24) is 14.7 Å². The number of Topliss-reactive ketones (excluding diaryl/α,β-unsaturated/α-hetero) is 1. The maximum Gasteiger partial charge on any atom is 0.158 e. The zero-order valence-corrected chi connectivity index (χ0v) is 15.2. The summed E-state index contributed by atoms with van der Waals surface area (Å²) in [5, 5.41) is 4.49. The van der Waals surface area contributed by atoms with Crippen molar-refractivity contribution in [2.24, 2.45) is 0 Å². The number of carbonyl (C=O) groups excluding carboxylic acids is 1. The van der Waals surface area contributed by atoms with Gasteiger partial charge in [0.05, 0.1) is 27.8 Å². The molecule has 1 aliphatic heterocycles. The van der Waals surface area contributed by atoms with Crippen LogP contribution in [0.15, 0.2) is 4.47 Å². The number of likely N-dealkylation sites (tertiary alicyclic amines) is 1. The lowest BCUT2D eigenvalue weighted by Gasteiger charge is -2.36. The monoisotopic (exact) mass is 355 g/mol. The van der Waals surface area contributed by atoms with Gasteiger partial charge in [-0.1, -0.05) is 6.92 Å². The lowest BCUT2D eigenvalue weighted by Crippen LogP contribution is -2.51. The van der Waals surface area contributed by atoms with Crippen LogP contribution in [0.5, 0.6) is 0 Å². The van der Waals surface area contributed by atoms with Crippen LogP contribution in [0.3, 0.4) is 0 Å². The Morgan fingerprint density at radius 2 is 1.95 bits per heavy atom. The van der Waals surface area contributed by atoms with Crippen molar-refractivity contribution in [1.29, 1.82) is 0 Å². The number of carbonyl (C=O) groups is 1. The summed E-state index contributed by atoms with van der Waals surface area (Å²) >= 11 is 3.59. The van der Waals surface area contributed by atoms with Gasteiger partial charge in [0.25, 0.3) is 0 Å². The zero-order valence-electron chi connectivity index (χ0n) is 13.6. The number of ketones is 1. The Labute approximate surface area is 136 Å². The maximum atomic E-state index is 13.0. The molecular formula is C16H26BrN3O. The lowest BCUT2D eigenvalue weighted by atomic mass is 9.88. The van der Waals surface area contributed by atoms with Gasteiger partial charge in [-0.25, -0.2) is 0 Å². The molecule has 4 nitrogen and oxygen atoms in total. The predicted molar refractivity (Wildman–Crippen MR) is 88.6 cm³/mol. The fraction of sp³-hybridized carbons (Fsp3) is 0.750. The van der Waals surface area contributed by atoms with Gasteiger partial charge in [0.2, 0.25) is 0 Å². The molecule has 1 fully saturated rings. The summed E-state index contributed by atoms with van der Waals surface area (Å²) in [5.74, 6) is 0.308. The topological polar surface area (TPSA) is 38.1 Å². The largest absolute Gasteiger partial charge is 0.297 e. The molecule has 21 heavy (non-hydrogen) atoms. The number of aryl methyl sites for hydroxylation is 2. The van der Waals surface area contributed by atoms with E-state index >= 15 is 0 Å². The molecule has 0 spiro atoms. The van der Waals surface area contributed by atoms with Crippen LogP contribution in [-0.2, 0) is 17.8 Å². The van der Waals surface area contributed by atoms with Crippen LogP contribution < -0.4 is 0 Å². The Morgan fingerprint density at radius 3 is 2.48 bits per heavy atom. The molecule has 1 aromatic heterocycles. The lowest BCUT2D eigenvalue weighted by molar-refractivity contribution is -0.129. The van der Waals surface area contributed by atoms with Gasteiger partial charge in [-0.2, -0.15) is 5.10 Å². The SMILES string of the molecule is CCn1nc(C)c(Br)c1CC(=O)C(C)(CC)N1CCCC1. The van der Waals surface area contributed by atoms with Gasteiger partial charge >= 0.3 is 0 Å². The van der Waals surface area contributed by atoms with E-state index in [-0.39, 0.29) is 5.54 Å². The third-order valence-electron chi connectivity index (χ3n) is 4.87. The highest BCUT2D eigenvalue weighted by atomic mass is 79.9. The van der Waals surface area contributed by atoms with Crippen molar-refractivity contribution in [2.45, 2.75) is 65.5 Å². The third-order valence-corrected chi connectivity index (χ3v) is 5.91. The van der Waals surface area contributed by atoms with Gasteiger partial charge in [-0.3, -0.25) is 14.4 Å². The fourth-order valence-electron chi connectivity index (χ4n) is 3.19. The van der Waals surface area contributed by atoms with Crippen LogP contribution in [0.4, 0.5) is 0 Å².